The monoisotopic (exact) mass is 318 g/mol. The Bertz CT molecular complexity index is 828. The van der Waals surface area contributed by atoms with Crippen LogP contribution in [0.4, 0.5) is 8.78 Å². The first-order chi connectivity index (χ1) is 11.0. The fourth-order valence-electron chi connectivity index (χ4n) is 2.03. The molecule has 2 heterocycles. The molecule has 118 valence electrons. The fourth-order valence-corrected chi connectivity index (χ4v) is 2.03. The van der Waals surface area contributed by atoms with Crippen LogP contribution in [0.15, 0.2) is 47.1 Å². The summed E-state index contributed by atoms with van der Waals surface area (Å²) < 4.78 is 36.5. The van der Waals surface area contributed by atoms with Gasteiger partial charge >= 0.3 is 5.97 Å². The highest BCUT2D eigenvalue weighted by Crippen LogP contribution is 2.22. The molecular weight excluding hydrogens is 306 g/mol. The van der Waals surface area contributed by atoms with Crippen LogP contribution >= 0.6 is 0 Å². The van der Waals surface area contributed by atoms with Crippen LogP contribution in [0.25, 0.3) is 11.5 Å². The molecular formula is C16H12F2N2O3. The Labute approximate surface area is 129 Å². The van der Waals surface area contributed by atoms with Crippen LogP contribution in [0.3, 0.4) is 0 Å². The van der Waals surface area contributed by atoms with E-state index in [-0.39, 0.29) is 5.69 Å². The van der Waals surface area contributed by atoms with Gasteiger partial charge in [-0.15, -0.1) is 0 Å². The molecule has 0 bridgehead atoms. The van der Waals surface area contributed by atoms with Crippen molar-refractivity contribution in [3.63, 3.8) is 0 Å². The lowest BCUT2D eigenvalue weighted by Crippen LogP contribution is -2.10. The maximum absolute atomic E-state index is 13.2. The number of hydrogen-bond acceptors (Lipinski definition) is 4. The van der Waals surface area contributed by atoms with Gasteiger partial charge in [0.2, 0.25) is 0 Å². The SMILES string of the molecule is CC(OC(=O)c1cc(-c2ccco2)n[nH]1)c1ccc(F)c(F)c1. The van der Waals surface area contributed by atoms with Crippen molar-refractivity contribution >= 4 is 5.97 Å². The Hall–Kier alpha value is -2.96. The predicted molar refractivity (Wildman–Crippen MR) is 76.5 cm³/mol. The number of aromatic nitrogens is 2. The number of halogens is 2. The summed E-state index contributed by atoms with van der Waals surface area (Å²) in [4.78, 5) is 12.1. The molecule has 0 saturated heterocycles. The van der Waals surface area contributed by atoms with Crippen LogP contribution in [0.1, 0.15) is 29.1 Å². The number of esters is 1. The average molecular weight is 318 g/mol. The Kier molecular flexibility index (Phi) is 3.92. The third-order valence-electron chi connectivity index (χ3n) is 3.27. The largest absolute Gasteiger partial charge is 0.463 e. The first-order valence-electron chi connectivity index (χ1n) is 6.80. The van der Waals surface area contributed by atoms with E-state index in [4.69, 9.17) is 9.15 Å². The molecule has 0 aliphatic heterocycles. The Morgan fingerprint density at radius 1 is 1.26 bits per heavy atom. The third kappa shape index (κ3) is 3.13. The summed E-state index contributed by atoms with van der Waals surface area (Å²) in [5.74, 6) is -2.10. The maximum Gasteiger partial charge on any atom is 0.356 e. The fraction of sp³-hybridized carbons (Fsp3) is 0.125. The minimum absolute atomic E-state index is 0.130. The van der Waals surface area contributed by atoms with Crippen molar-refractivity contribution in [3.05, 3.63) is 65.6 Å². The topological polar surface area (TPSA) is 68.1 Å². The highest BCUT2D eigenvalue weighted by Gasteiger charge is 2.18. The number of hydrogen-bond donors (Lipinski definition) is 1. The first kappa shape index (κ1) is 15.0. The number of aromatic amines is 1. The molecule has 3 aromatic rings. The molecule has 2 aromatic heterocycles. The van der Waals surface area contributed by atoms with E-state index in [1.54, 1.807) is 19.1 Å². The summed E-state index contributed by atoms with van der Waals surface area (Å²) in [6, 6.07) is 8.23. The molecule has 0 amide bonds. The number of H-pyrrole nitrogens is 1. The van der Waals surface area contributed by atoms with E-state index in [0.29, 0.717) is 17.0 Å². The minimum atomic E-state index is -0.993. The first-order valence-corrected chi connectivity index (χ1v) is 6.80. The zero-order valence-electron chi connectivity index (χ0n) is 12.0. The van der Waals surface area contributed by atoms with E-state index < -0.39 is 23.7 Å². The molecule has 0 aliphatic rings. The summed E-state index contributed by atoms with van der Waals surface area (Å²) in [6.45, 7) is 1.56. The molecule has 3 rings (SSSR count). The van der Waals surface area contributed by atoms with Crippen molar-refractivity contribution in [2.45, 2.75) is 13.0 Å². The average Bonchev–Trinajstić information content (AvgIpc) is 3.20. The van der Waals surface area contributed by atoms with Gasteiger partial charge in [-0.2, -0.15) is 5.10 Å². The highest BCUT2D eigenvalue weighted by atomic mass is 19.2. The third-order valence-corrected chi connectivity index (χ3v) is 3.27. The Morgan fingerprint density at radius 3 is 2.78 bits per heavy atom. The van der Waals surface area contributed by atoms with Crippen LogP contribution in [-0.4, -0.2) is 16.2 Å². The quantitative estimate of drug-likeness (QED) is 0.742. The summed E-state index contributed by atoms with van der Waals surface area (Å²) >= 11 is 0. The summed E-state index contributed by atoms with van der Waals surface area (Å²) in [7, 11) is 0. The van der Waals surface area contributed by atoms with Crippen molar-refractivity contribution in [2.24, 2.45) is 0 Å². The lowest BCUT2D eigenvalue weighted by molar-refractivity contribution is 0.0330. The summed E-state index contributed by atoms with van der Waals surface area (Å²) in [6.07, 6.45) is 0.751. The molecule has 0 radical (unpaired) electrons. The summed E-state index contributed by atoms with van der Waals surface area (Å²) in [5.41, 5.74) is 0.941. The predicted octanol–water partition coefficient (Wildman–Crippen LogP) is 3.87. The zero-order valence-corrected chi connectivity index (χ0v) is 12.0. The van der Waals surface area contributed by atoms with E-state index >= 15 is 0 Å². The normalized spacial score (nSPS) is 12.1. The number of furan rings is 1. The molecule has 1 N–H and O–H groups in total. The van der Waals surface area contributed by atoms with E-state index in [1.807, 2.05) is 0 Å². The van der Waals surface area contributed by atoms with Crippen LogP contribution < -0.4 is 0 Å². The van der Waals surface area contributed by atoms with Crippen LogP contribution in [0.2, 0.25) is 0 Å². The van der Waals surface area contributed by atoms with E-state index in [9.17, 15) is 13.6 Å². The number of carbonyl (C=O) groups excluding carboxylic acids is 1. The van der Waals surface area contributed by atoms with Gasteiger partial charge in [-0.3, -0.25) is 5.10 Å². The molecule has 1 unspecified atom stereocenters. The number of carbonyl (C=O) groups is 1. The molecule has 23 heavy (non-hydrogen) atoms. The van der Waals surface area contributed by atoms with Crippen molar-refractivity contribution in [1.29, 1.82) is 0 Å². The van der Waals surface area contributed by atoms with Crippen molar-refractivity contribution < 1.29 is 22.7 Å². The van der Waals surface area contributed by atoms with Crippen molar-refractivity contribution in [3.8, 4) is 11.5 Å². The van der Waals surface area contributed by atoms with Gasteiger partial charge in [0.15, 0.2) is 17.4 Å². The van der Waals surface area contributed by atoms with Gasteiger partial charge in [-0.05, 0) is 36.8 Å². The van der Waals surface area contributed by atoms with E-state index in [0.717, 1.165) is 12.1 Å². The number of rotatable bonds is 4. The zero-order chi connectivity index (χ0) is 16.4. The van der Waals surface area contributed by atoms with Gasteiger partial charge in [0.05, 0.1) is 6.26 Å². The van der Waals surface area contributed by atoms with Crippen LogP contribution in [0, 0.1) is 11.6 Å². The number of nitrogens with zero attached hydrogens (tertiary/aromatic N) is 1. The van der Waals surface area contributed by atoms with Gasteiger partial charge in [-0.1, -0.05) is 6.07 Å². The van der Waals surface area contributed by atoms with Gasteiger partial charge in [0, 0.05) is 6.07 Å². The number of benzene rings is 1. The second-order valence-electron chi connectivity index (χ2n) is 4.87. The number of nitrogens with one attached hydrogen (secondary N) is 1. The second kappa shape index (κ2) is 6.04. The number of ether oxygens (including phenoxy) is 1. The van der Waals surface area contributed by atoms with Gasteiger partial charge in [-0.25, -0.2) is 13.6 Å². The van der Waals surface area contributed by atoms with Crippen molar-refractivity contribution in [2.75, 3.05) is 0 Å². The molecule has 0 saturated carbocycles. The molecule has 5 nitrogen and oxygen atoms in total. The highest BCUT2D eigenvalue weighted by molar-refractivity contribution is 5.88. The molecule has 1 atom stereocenters. The molecule has 7 heteroatoms. The second-order valence-corrected chi connectivity index (χ2v) is 4.87. The smallest absolute Gasteiger partial charge is 0.356 e. The maximum atomic E-state index is 13.2. The minimum Gasteiger partial charge on any atom is -0.463 e. The van der Waals surface area contributed by atoms with Gasteiger partial charge in [0.1, 0.15) is 17.5 Å². The summed E-state index contributed by atoms with van der Waals surface area (Å²) in [5, 5.41) is 6.51. The lowest BCUT2D eigenvalue weighted by Gasteiger charge is -2.13. The van der Waals surface area contributed by atoms with Crippen molar-refractivity contribution in [1.82, 2.24) is 10.2 Å². The lowest BCUT2D eigenvalue weighted by atomic mass is 10.1. The molecule has 0 aliphatic carbocycles. The van der Waals surface area contributed by atoms with E-state index in [1.165, 1.54) is 18.4 Å². The Morgan fingerprint density at radius 2 is 2.09 bits per heavy atom. The Balaban J connectivity index is 1.72. The van der Waals surface area contributed by atoms with Crippen LogP contribution in [-0.2, 0) is 4.74 Å². The molecule has 0 spiro atoms. The standard InChI is InChI=1S/C16H12F2N2O3/c1-9(10-4-5-11(17)12(18)7-10)23-16(21)14-8-13(19-20-14)15-3-2-6-22-15/h2-9H,1H3,(H,19,20). The van der Waals surface area contributed by atoms with Gasteiger partial charge < -0.3 is 9.15 Å². The molecule has 0 fully saturated rings. The van der Waals surface area contributed by atoms with Gasteiger partial charge in [0.25, 0.3) is 0 Å². The molecule has 1 aromatic carbocycles. The van der Waals surface area contributed by atoms with E-state index in [2.05, 4.69) is 10.2 Å². The van der Waals surface area contributed by atoms with Crippen LogP contribution in [0.5, 0.6) is 0 Å².